The topological polar surface area (TPSA) is 24.5 Å². The average molecular weight is 248 g/mol. The van der Waals surface area contributed by atoms with Gasteiger partial charge in [-0.3, -0.25) is 4.90 Å². The summed E-state index contributed by atoms with van der Waals surface area (Å²) in [4.78, 5) is 2.39. The normalized spacial score (nSPS) is 25.6. The molecular formula is C15H24N2O. The van der Waals surface area contributed by atoms with Crippen LogP contribution in [0, 0.1) is 0 Å². The van der Waals surface area contributed by atoms with Crippen LogP contribution in [0.1, 0.15) is 25.5 Å². The summed E-state index contributed by atoms with van der Waals surface area (Å²) in [6.45, 7) is 7.07. The third-order valence-corrected chi connectivity index (χ3v) is 3.47. The zero-order valence-electron chi connectivity index (χ0n) is 11.6. The van der Waals surface area contributed by atoms with Crippen molar-refractivity contribution in [1.29, 1.82) is 0 Å². The summed E-state index contributed by atoms with van der Waals surface area (Å²) < 4.78 is 5.96. The van der Waals surface area contributed by atoms with Crippen molar-refractivity contribution >= 4 is 0 Å². The summed E-state index contributed by atoms with van der Waals surface area (Å²) in [6, 6.07) is 11.5. The van der Waals surface area contributed by atoms with Crippen LogP contribution < -0.4 is 5.32 Å². The van der Waals surface area contributed by atoms with Crippen molar-refractivity contribution in [3.63, 3.8) is 0 Å². The van der Waals surface area contributed by atoms with Gasteiger partial charge in [-0.05, 0) is 12.6 Å². The average Bonchev–Trinajstić information content (AvgIpc) is 2.37. The molecule has 100 valence electrons. The standard InChI is InChI=1S/C15H24N2O/c1-12(2)16-11-14-15(17(3)9-10-18-14)13-7-5-4-6-8-13/h4-8,12,14-16H,9-11H2,1-3H3. The van der Waals surface area contributed by atoms with E-state index in [1.54, 1.807) is 0 Å². The second-order valence-corrected chi connectivity index (χ2v) is 5.31. The molecule has 1 N–H and O–H groups in total. The maximum Gasteiger partial charge on any atom is 0.0896 e. The molecule has 3 nitrogen and oxygen atoms in total. The third kappa shape index (κ3) is 3.31. The first-order valence-corrected chi connectivity index (χ1v) is 6.78. The molecule has 0 aliphatic carbocycles. The van der Waals surface area contributed by atoms with Crippen LogP contribution in [0.3, 0.4) is 0 Å². The Balaban J connectivity index is 2.10. The van der Waals surface area contributed by atoms with Crippen LogP contribution in [0.5, 0.6) is 0 Å². The lowest BCUT2D eigenvalue weighted by Crippen LogP contribution is -2.48. The van der Waals surface area contributed by atoms with Gasteiger partial charge in [0.1, 0.15) is 0 Å². The number of likely N-dealkylation sites (N-methyl/N-ethyl adjacent to an activating group) is 1. The van der Waals surface area contributed by atoms with Gasteiger partial charge in [0, 0.05) is 19.1 Å². The van der Waals surface area contributed by atoms with Crippen molar-refractivity contribution in [2.24, 2.45) is 0 Å². The summed E-state index contributed by atoms with van der Waals surface area (Å²) in [5.74, 6) is 0. The van der Waals surface area contributed by atoms with Crippen molar-refractivity contribution in [3.05, 3.63) is 35.9 Å². The number of rotatable bonds is 4. The van der Waals surface area contributed by atoms with E-state index in [0.29, 0.717) is 12.1 Å². The van der Waals surface area contributed by atoms with Crippen LogP contribution in [0.2, 0.25) is 0 Å². The van der Waals surface area contributed by atoms with Gasteiger partial charge in [0.2, 0.25) is 0 Å². The Bertz CT molecular complexity index is 353. The van der Waals surface area contributed by atoms with Gasteiger partial charge in [0.05, 0.1) is 18.8 Å². The molecule has 0 aromatic heterocycles. The van der Waals surface area contributed by atoms with Crippen molar-refractivity contribution in [2.75, 3.05) is 26.7 Å². The second kappa shape index (κ2) is 6.32. The highest BCUT2D eigenvalue weighted by Crippen LogP contribution is 2.27. The minimum absolute atomic E-state index is 0.230. The zero-order valence-corrected chi connectivity index (χ0v) is 11.6. The van der Waals surface area contributed by atoms with Gasteiger partial charge in [-0.25, -0.2) is 0 Å². The summed E-state index contributed by atoms with van der Waals surface area (Å²) >= 11 is 0. The molecule has 2 unspecified atom stereocenters. The van der Waals surface area contributed by atoms with Crippen molar-refractivity contribution in [3.8, 4) is 0 Å². The smallest absolute Gasteiger partial charge is 0.0896 e. The van der Waals surface area contributed by atoms with Crippen LogP contribution in [0.15, 0.2) is 30.3 Å². The maximum atomic E-state index is 5.96. The van der Waals surface area contributed by atoms with E-state index < -0.39 is 0 Å². The maximum absolute atomic E-state index is 5.96. The van der Waals surface area contributed by atoms with E-state index in [-0.39, 0.29) is 6.10 Å². The molecule has 0 radical (unpaired) electrons. The SMILES string of the molecule is CC(C)NCC1OCCN(C)C1c1ccccc1. The van der Waals surface area contributed by atoms with Crippen LogP contribution in [-0.4, -0.2) is 43.8 Å². The molecule has 1 aromatic rings. The zero-order chi connectivity index (χ0) is 13.0. The predicted molar refractivity (Wildman–Crippen MR) is 74.7 cm³/mol. The lowest BCUT2D eigenvalue weighted by molar-refractivity contribution is -0.0620. The molecular weight excluding hydrogens is 224 g/mol. The lowest BCUT2D eigenvalue weighted by atomic mass is 9.98. The van der Waals surface area contributed by atoms with E-state index in [0.717, 1.165) is 19.7 Å². The molecule has 3 heteroatoms. The largest absolute Gasteiger partial charge is 0.374 e. The highest BCUT2D eigenvalue weighted by atomic mass is 16.5. The monoisotopic (exact) mass is 248 g/mol. The Hall–Kier alpha value is -0.900. The minimum atomic E-state index is 0.230. The molecule has 0 bridgehead atoms. The van der Waals surface area contributed by atoms with E-state index in [9.17, 15) is 0 Å². The fraction of sp³-hybridized carbons (Fsp3) is 0.600. The number of hydrogen-bond donors (Lipinski definition) is 1. The van der Waals surface area contributed by atoms with Gasteiger partial charge < -0.3 is 10.1 Å². The Kier molecular flexibility index (Phi) is 4.75. The Labute approximate surface area is 110 Å². The summed E-state index contributed by atoms with van der Waals surface area (Å²) in [6.07, 6.45) is 0.230. The van der Waals surface area contributed by atoms with Gasteiger partial charge in [0.15, 0.2) is 0 Å². The molecule has 0 amide bonds. The minimum Gasteiger partial charge on any atom is -0.374 e. The van der Waals surface area contributed by atoms with Crippen LogP contribution in [0.25, 0.3) is 0 Å². The van der Waals surface area contributed by atoms with Crippen molar-refractivity contribution in [1.82, 2.24) is 10.2 Å². The molecule has 18 heavy (non-hydrogen) atoms. The number of ether oxygens (including phenoxy) is 1. The van der Waals surface area contributed by atoms with Crippen LogP contribution >= 0.6 is 0 Å². The first-order valence-electron chi connectivity index (χ1n) is 6.78. The van der Waals surface area contributed by atoms with Crippen molar-refractivity contribution in [2.45, 2.75) is 32.0 Å². The number of morpholine rings is 1. The second-order valence-electron chi connectivity index (χ2n) is 5.31. The molecule has 1 fully saturated rings. The number of benzene rings is 1. The molecule has 1 heterocycles. The predicted octanol–water partition coefficient (Wildman–Crippen LogP) is 2.06. The first-order chi connectivity index (χ1) is 8.68. The van der Waals surface area contributed by atoms with E-state index in [4.69, 9.17) is 4.74 Å². The number of nitrogens with zero attached hydrogens (tertiary/aromatic N) is 1. The molecule has 0 saturated carbocycles. The van der Waals surface area contributed by atoms with E-state index in [1.165, 1.54) is 5.56 Å². The number of nitrogens with one attached hydrogen (secondary N) is 1. The van der Waals surface area contributed by atoms with Gasteiger partial charge >= 0.3 is 0 Å². The number of hydrogen-bond acceptors (Lipinski definition) is 3. The molecule has 2 atom stereocenters. The lowest BCUT2D eigenvalue weighted by Gasteiger charge is -2.39. The quantitative estimate of drug-likeness (QED) is 0.882. The van der Waals surface area contributed by atoms with Gasteiger partial charge in [-0.2, -0.15) is 0 Å². The first kappa shape index (κ1) is 13.5. The molecule has 0 spiro atoms. The fourth-order valence-corrected chi connectivity index (χ4v) is 2.50. The summed E-state index contributed by atoms with van der Waals surface area (Å²) in [7, 11) is 2.18. The highest BCUT2D eigenvalue weighted by Gasteiger charge is 2.31. The molecule has 1 saturated heterocycles. The molecule has 1 aliphatic heterocycles. The third-order valence-electron chi connectivity index (χ3n) is 3.47. The van der Waals surface area contributed by atoms with Crippen LogP contribution in [-0.2, 0) is 4.74 Å². The van der Waals surface area contributed by atoms with E-state index >= 15 is 0 Å². The molecule has 1 aromatic carbocycles. The summed E-state index contributed by atoms with van der Waals surface area (Å²) in [5.41, 5.74) is 1.34. The van der Waals surface area contributed by atoms with Gasteiger partial charge in [0.25, 0.3) is 0 Å². The van der Waals surface area contributed by atoms with Gasteiger partial charge in [-0.15, -0.1) is 0 Å². The van der Waals surface area contributed by atoms with Gasteiger partial charge in [-0.1, -0.05) is 44.2 Å². The molecule has 1 aliphatic rings. The fourth-order valence-electron chi connectivity index (χ4n) is 2.50. The van der Waals surface area contributed by atoms with E-state index in [2.05, 4.69) is 61.4 Å². The Morgan fingerprint density at radius 3 is 2.72 bits per heavy atom. The highest BCUT2D eigenvalue weighted by molar-refractivity contribution is 5.21. The Morgan fingerprint density at radius 2 is 2.06 bits per heavy atom. The van der Waals surface area contributed by atoms with Crippen LogP contribution in [0.4, 0.5) is 0 Å². The molecule has 2 rings (SSSR count). The van der Waals surface area contributed by atoms with E-state index in [1.807, 2.05) is 0 Å². The Morgan fingerprint density at radius 1 is 1.33 bits per heavy atom. The summed E-state index contributed by atoms with van der Waals surface area (Å²) in [5, 5.41) is 3.48. The van der Waals surface area contributed by atoms with Crippen molar-refractivity contribution < 1.29 is 4.74 Å².